The molecule has 0 fully saturated rings. The summed E-state index contributed by atoms with van der Waals surface area (Å²) in [5.74, 6) is -3.66. The molecule has 0 aliphatic carbocycles. The molecule has 3 amide bonds. The zero-order valence-electron chi connectivity index (χ0n) is 18.4. The van der Waals surface area contributed by atoms with Crippen molar-refractivity contribution in [3.63, 3.8) is 0 Å². The smallest absolute Gasteiger partial charge is 0.326 e. The third-order valence-corrected chi connectivity index (χ3v) is 5.01. The van der Waals surface area contributed by atoms with Crippen LogP contribution in [0.3, 0.4) is 0 Å². The van der Waals surface area contributed by atoms with E-state index in [0.717, 1.165) is 0 Å². The van der Waals surface area contributed by atoms with Crippen LogP contribution < -0.4 is 21.7 Å². The molecule has 0 saturated heterocycles. The van der Waals surface area contributed by atoms with Gasteiger partial charge in [-0.25, -0.2) is 4.79 Å². The lowest BCUT2D eigenvalue weighted by atomic mass is 9.99. The lowest BCUT2D eigenvalue weighted by Crippen LogP contribution is -2.57. The number of benzene rings is 1. The number of rotatable bonds is 12. The number of carbonyl (C=O) groups is 4. The van der Waals surface area contributed by atoms with E-state index in [9.17, 15) is 34.5 Å². The van der Waals surface area contributed by atoms with Crippen molar-refractivity contribution in [1.29, 1.82) is 0 Å². The third kappa shape index (κ3) is 8.52. The van der Waals surface area contributed by atoms with Gasteiger partial charge in [0.15, 0.2) is 0 Å². The standard InChI is InChI=1S/C21H32N4O7/c1-4-11(2)17(21(31)32)24-16(28)10-23-20(30)18(12(3)26)25-19(29)15(22)9-13-5-7-14(27)8-6-13/h5-8,11-12,15,17-18,26-27H,4,9-10,22H2,1-3H3,(H,23,30)(H,24,28)(H,25,29)(H,31,32). The van der Waals surface area contributed by atoms with E-state index in [0.29, 0.717) is 12.0 Å². The van der Waals surface area contributed by atoms with Gasteiger partial charge in [0.1, 0.15) is 17.8 Å². The number of aromatic hydroxyl groups is 1. The molecule has 1 rings (SSSR count). The van der Waals surface area contributed by atoms with Crippen LogP contribution >= 0.6 is 0 Å². The number of aliphatic hydroxyl groups is 1. The summed E-state index contributed by atoms with van der Waals surface area (Å²) in [6.07, 6.45) is -0.617. The highest BCUT2D eigenvalue weighted by Gasteiger charge is 2.29. The average Bonchev–Trinajstić information content (AvgIpc) is 2.74. The minimum atomic E-state index is -1.37. The van der Waals surface area contributed by atoms with Crippen molar-refractivity contribution in [3.8, 4) is 5.75 Å². The van der Waals surface area contributed by atoms with Gasteiger partial charge >= 0.3 is 5.97 Å². The lowest BCUT2D eigenvalue weighted by Gasteiger charge is -2.23. The van der Waals surface area contributed by atoms with E-state index in [1.165, 1.54) is 19.1 Å². The molecule has 8 N–H and O–H groups in total. The number of aliphatic carboxylic acids is 1. The molecule has 0 spiro atoms. The monoisotopic (exact) mass is 452 g/mol. The average molecular weight is 453 g/mol. The summed E-state index contributed by atoms with van der Waals surface area (Å²) in [5, 5.41) is 35.4. The van der Waals surface area contributed by atoms with Crippen LogP contribution in [0.2, 0.25) is 0 Å². The minimum Gasteiger partial charge on any atom is -0.508 e. The number of phenolic OH excluding ortho intramolecular Hbond substituents is 1. The maximum atomic E-state index is 12.4. The van der Waals surface area contributed by atoms with Crippen LogP contribution in [0.1, 0.15) is 32.8 Å². The van der Waals surface area contributed by atoms with Crippen LogP contribution in [0.4, 0.5) is 0 Å². The number of aliphatic hydroxyl groups excluding tert-OH is 1. The van der Waals surface area contributed by atoms with E-state index >= 15 is 0 Å². The van der Waals surface area contributed by atoms with Gasteiger partial charge < -0.3 is 37.0 Å². The van der Waals surface area contributed by atoms with Gasteiger partial charge in [-0.15, -0.1) is 0 Å². The van der Waals surface area contributed by atoms with Gasteiger partial charge in [-0.05, 0) is 37.0 Å². The third-order valence-electron chi connectivity index (χ3n) is 5.01. The van der Waals surface area contributed by atoms with E-state index in [1.54, 1.807) is 26.0 Å². The molecule has 0 aliphatic rings. The summed E-state index contributed by atoms with van der Waals surface area (Å²) in [5.41, 5.74) is 6.56. The van der Waals surface area contributed by atoms with Crippen LogP contribution in [0.5, 0.6) is 5.75 Å². The van der Waals surface area contributed by atoms with Crippen molar-refractivity contribution in [2.75, 3.05) is 6.54 Å². The zero-order valence-corrected chi connectivity index (χ0v) is 18.4. The van der Waals surface area contributed by atoms with Crippen molar-refractivity contribution < 1.29 is 34.5 Å². The molecule has 5 unspecified atom stereocenters. The number of nitrogens with one attached hydrogen (secondary N) is 3. The second-order valence-corrected chi connectivity index (χ2v) is 7.69. The van der Waals surface area contributed by atoms with Crippen LogP contribution in [-0.4, -0.2) is 69.8 Å². The highest BCUT2D eigenvalue weighted by molar-refractivity contribution is 5.93. The fourth-order valence-corrected chi connectivity index (χ4v) is 2.83. The SMILES string of the molecule is CCC(C)C(NC(=O)CNC(=O)C(NC(=O)C(N)Cc1ccc(O)cc1)C(C)O)C(=O)O. The van der Waals surface area contributed by atoms with Crippen molar-refractivity contribution in [1.82, 2.24) is 16.0 Å². The first-order chi connectivity index (χ1) is 15.0. The number of carboxylic acid groups (broad SMARTS) is 1. The number of nitrogens with two attached hydrogens (primary N) is 1. The Balaban J connectivity index is 2.65. The molecule has 178 valence electrons. The predicted molar refractivity (Wildman–Crippen MR) is 115 cm³/mol. The van der Waals surface area contributed by atoms with E-state index < -0.39 is 54.5 Å². The maximum Gasteiger partial charge on any atom is 0.326 e. The summed E-state index contributed by atoms with van der Waals surface area (Å²) >= 11 is 0. The number of carboxylic acids is 1. The predicted octanol–water partition coefficient (Wildman–Crippen LogP) is -1.14. The number of hydrogen-bond acceptors (Lipinski definition) is 7. The Morgan fingerprint density at radius 3 is 2.09 bits per heavy atom. The van der Waals surface area contributed by atoms with Gasteiger partial charge in [0.25, 0.3) is 0 Å². The Kier molecular flexibility index (Phi) is 10.6. The molecule has 0 radical (unpaired) electrons. The molecule has 0 heterocycles. The van der Waals surface area contributed by atoms with Crippen molar-refractivity contribution in [2.24, 2.45) is 11.7 Å². The van der Waals surface area contributed by atoms with Crippen molar-refractivity contribution in [2.45, 2.75) is 57.8 Å². The van der Waals surface area contributed by atoms with E-state index in [4.69, 9.17) is 5.73 Å². The molecule has 0 bridgehead atoms. The molecule has 0 saturated carbocycles. The van der Waals surface area contributed by atoms with Crippen LogP contribution in [0.25, 0.3) is 0 Å². The molecule has 32 heavy (non-hydrogen) atoms. The Bertz CT molecular complexity index is 798. The fourth-order valence-electron chi connectivity index (χ4n) is 2.83. The van der Waals surface area contributed by atoms with E-state index in [2.05, 4.69) is 16.0 Å². The maximum absolute atomic E-state index is 12.4. The van der Waals surface area contributed by atoms with Gasteiger partial charge in [0, 0.05) is 0 Å². The summed E-state index contributed by atoms with van der Waals surface area (Å²) in [6.45, 7) is 4.23. The molecule has 0 aromatic heterocycles. The molecule has 5 atom stereocenters. The lowest BCUT2D eigenvalue weighted by molar-refractivity contribution is -0.143. The van der Waals surface area contributed by atoms with Gasteiger partial charge in [0.2, 0.25) is 17.7 Å². The van der Waals surface area contributed by atoms with Gasteiger partial charge in [0.05, 0.1) is 18.7 Å². The quantitative estimate of drug-likeness (QED) is 0.207. The first-order valence-electron chi connectivity index (χ1n) is 10.3. The second-order valence-electron chi connectivity index (χ2n) is 7.69. The van der Waals surface area contributed by atoms with Gasteiger partial charge in [-0.1, -0.05) is 32.4 Å². The number of amides is 3. The Morgan fingerprint density at radius 2 is 1.59 bits per heavy atom. The van der Waals surface area contributed by atoms with Crippen LogP contribution in [-0.2, 0) is 25.6 Å². The van der Waals surface area contributed by atoms with E-state index in [-0.39, 0.29) is 18.1 Å². The van der Waals surface area contributed by atoms with Gasteiger partial charge in [-0.3, -0.25) is 14.4 Å². The molecule has 1 aromatic rings. The highest BCUT2D eigenvalue weighted by atomic mass is 16.4. The second kappa shape index (κ2) is 12.6. The molecule has 11 heteroatoms. The van der Waals surface area contributed by atoms with Crippen molar-refractivity contribution in [3.05, 3.63) is 29.8 Å². The van der Waals surface area contributed by atoms with E-state index in [1.807, 2.05) is 0 Å². The molecule has 0 aliphatic heterocycles. The summed E-state index contributed by atoms with van der Waals surface area (Å²) in [7, 11) is 0. The first-order valence-corrected chi connectivity index (χ1v) is 10.3. The highest BCUT2D eigenvalue weighted by Crippen LogP contribution is 2.11. The topological polar surface area (TPSA) is 191 Å². The summed E-state index contributed by atoms with van der Waals surface area (Å²) in [6, 6.07) is 2.61. The number of carbonyl (C=O) groups excluding carboxylic acids is 3. The summed E-state index contributed by atoms with van der Waals surface area (Å²) in [4.78, 5) is 48.1. The molecule has 1 aromatic carbocycles. The largest absolute Gasteiger partial charge is 0.508 e. The zero-order chi connectivity index (χ0) is 24.4. The summed E-state index contributed by atoms with van der Waals surface area (Å²) < 4.78 is 0. The van der Waals surface area contributed by atoms with Crippen LogP contribution in [0, 0.1) is 5.92 Å². The van der Waals surface area contributed by atoms with Gasteiger partial charge in [-0.2, -0.15) is 0 Å². The normalized spacial score (nSPS) is 15.5. The van der Waals surface area contributed by atoms with Crippen LogP contribution in [0.15, 0.2) is 24.3 Å². The molecular weight excluding hydrogens is 420 g/mol. The fraction of sp³-hybridized carbons (Fsp3) is 0.524. The minimum absolute atomic E-state index is 0.0699. The Hall–Kier alpha value is -3.18. The molecular formula is C21H32N4O7. The first kappa shape index (κ1) is 26.9. The van der Waals surface area contributed by atoms with Crippen molar-refractivity contribution >= 4 is 23.7 Å². The Labute approximate surface area is 186 Å². The molecule has 11 nitrogen and oxygen atoms in total. The number of phenols is 1. The Morgan fingerprint density at radius 1 is 1.00 bits per heavy atom. The number of hydrogen-bond donors (Lipinski definition) is 7.